The molecule has 2 aromatic heterocycles. The number of hydrogen-bond donors (Lipinski definition) is 2. The molecule has 0 saturated carbocycles. The standard InChI is InChI=1S/C17H19N5OS/c1-4-18-16(23)21-17-19-13-9-10-14(20-15(13)24-17)22(3)12-7-5-11(2)6-8-12/h5-10H,4H2,1-3H3,(H2,18,19,21,23). The minimum absolute atomic E-state index is 0.256. The number of carbonyl (C=O) groups is 1. The summed E-state index contributed by atoms with van der Waals surface area (Å²) in [5.74, 6) is 0.833. The molecular formula is C17H19N5OS. The summed E-state index contributed by atoms with van der Waals surface area (Å²) < 4.78 is 0. The third kappa shape index (κ3) is 3.46. The van der Waals surface area contributed by atoms with Crippen molar-refractivity contribution in [2.24, 2.45) is 0 Å². The SMILES string of the molecule is CCNC(=O)Nc1nc2ccc(N(C)c3ccc(C)cc3)nc2s1. The second-order valence-corrected chi connectivity index (χ2v) is 6.37. The molecule has 0 aliphatic heterocycles. The molecule has 2 heterocycles. The summed E-state index contributed by atoms with van der Waals surface area (Å²) in [6.45, 7) is 4.50. The second-order valence-electron chi connectivity index (χ2n) is 5.39. The first-order valence-electron chi connectivity index (χ1n) is 7.69. The van der Waals surface area contributed by atoms with Gasteiger partial charge in [0.1, 0.15) is 16.2 Å². The van der Waals surface area contributed by atoms with Crippen molar-refractivity contribution in [1.82, 2.24) is 15.3 Å². The van der Waals surface area contributed by atoms with Crippen LogP contribution in [0.4, 0.5) is 21.4 Å². The predicted molar refractivity (Wildman–Crippen MR) is 99.4 cm³/mol. The summed E-state index contributed by atoms with van der Waals surface area (Å²) in [6.07, 6.45) is 0. The van der Waals surface area contributed by atoms with E-state index in [1.54, 1.807) is 0 Å². The fraction of sp³-hybridized carbons (Fsp3) is 0.235. The lowest BCUT2D eigenvalue weighted by molar-refractivity contribution is 0.252. The first-order chi connectivity index (χ1) is 11.6. The fourth-order valence-corrected chi connectivity index (χ4v) is 3.08. The minimum atomic E-state index is -0.256. The van der Waals surface area contributed by atoms with E-state index in [2.05, 4.69) is 51.8 Å². The van der Waals surface area contributed by atoms with Gasteiger partial charge in [0.05, 0.1) is 0 Å². The van der Waals surface area contributed by atoms with Crippen LogP contribution in [0.3, 0.4) is 0 Å². The number of aryl methyl sites for hydroxylation is 1. The Bertz CT molecular complexity index is 859. The first kappa shape index (κ1) is 16.2. The Hall–Kier alpha value is -2.67. The summed E-state index contributed by atoms with van der Waals surface area (Å²) in [7, 11) is 1.98. The van der Waals surface area contributed by atoms with Crippen LogP contribution < -0.4 is 15.5 Å². The van der Waals surface area contributed by atoms with Crippen LogP contribution >= 0.6 is 11.3 Å². The quantitative estimate of drug-likeness (QED) is 0.755. The first-order valence-corrected chi connectivity index (χ1v) is 8.51. The number of aromatic nitrogens is 2. The van der Waals surface area contributed by atoms with Gasteiger partial charge < -0.3 is 10.2 Å². The van der Waals surface area contributed by atoms with Crippen molar-refractivity contribution in [3.05, 3.63) is 42.0 Å². The lowest BCUT2D eigenvalue weighted by Crippen LogP contribution is -2.28. The molecule has 0 spiro atoms. The molecule has 6 nitrogen and oxygen atoms in total. The Labute approximate surface area is 144 Å². The summed E-state index contributed by atoms with van der Waals surface area (Å²) >= 11 is 1.36. The van der Waals surface area contributed by atoms with E-state index in [9.17, 15) is 4.79 Å². The molecular weight excluding hydrogens is 322 g/mol. The van der Waals surface area contributed by atoms with Gasteiger partial charge in [-0.15, -0.1) is 0 Å². The number of hydrogen-bond acceptors (Lipinski definition) is 5. The van der Waals surface area contributed by atoms with Gasteiger partial charge >= 0.3 is 6.03 Å². The molecule has 0 radical (unpaired) electrons. The molecule has 2 amide bonds. The largest absolute Gasteiger partial charge is 0.338 e. The van der Waals surface area contributed by atoms with Crippen molar-refractivity contribution in [3.8, 4) is 0 Å². The summed E-state index contributed by atoms with van der Waals surface area (Å²) in [5, 5.41) is 5.94. The zero-order chi connectivity index (χ0) is 17.1. The highest BCUT2D eigenvalue weighted by molar-refractivity contribution is 7.21. The Morgan fingerprint density at radius 2 is 1.92 bits per heavy atom. The molecule has 0 aliphatic carbocycles. The van der Waals surface area contributed by atoms with E-state index in [0.717, 1.165) is 21.9 Å². The van der Waals surface area contributed by atoms with Gasteiger partial charge in [0.15, 0.2) is 5.13 Å². The molecule has 0 fully saturated rings. The lowest BCUT2D eigenvalue weighted by atomic mass is 10.2. The number of fused-ring (bicyclic) bond motifs is 1. The molecule has 1 aromatic carbocycles. The molecule has 0 aliphatic rings. The second kappa shape index (κ2) is 6.84. The number of nitrogens with one attached hydrogen (secondary N) is 2. The van der Waals surface area contributed by atoms with E-state index < -0.39 is 0 Å². The number of pyridine rings is 1. The summed E-state index contributed by atoms with van der Waals surface area (Å²) in [4.78, 5) is 23.4. The van der Waals surface area contributed by atoms with Crippen molar-refractivity contribution in [1.29, 1.82) is 0 Å². The molecule has 2 N–H and O–H groups in total. The number of anilines is 3. The van der Waals surface area contributed by atoms with Gasteiger partial charge in [-0.1, -0.05) is 29.0 Å². The molecule has 7 heteroatoms. The number of amides is 2. The van der Waals surface area contributed by atoms with E-state index in [4.69, 9.17) is 0 Å². The van der Waals surface area contributed by atoms with Crippen LogP contribution in [0.15, 0.2) is 36.4 Å². The van der Waals surface area contributed by atoms with Crippen molar-refractivity contribution in [2.75, 3.05) is 23.8 Å². The maximum Gasteiger partial charge on any atom is 0.321 e. The van der Waals surface area contributed by atoms with Crippen LogP contribution in [0.1, 0.15) is 12.5 Å². The number of thiazole rings is 1. The maximum absolute atomic E-state index is 11.6. The Morgan fingerprint density at radius 3 is 2.62 bits per heavy atom. The van der Waals surface area contributed by atoms with E-state index in [1.807, 2.05) is 31.0 Å². The van der Waals surface area contributed by atoms with Crippen LogP contribution in [0.25, 0.3) is 10.3 Å². The van der Waals surface area contributed by atoms with E-state index in [0.29, 0.717) is 11.7 Å². The van der Waals surface area contributed by atoms with Crippen molar-refractivity contribution >= 4 is 44.4 Å². The van der Waals surface area contributed by atoms with Gasteiger partial charge in [0, 0.05) is 19.3 Å². The monoisotopic (exact) mass is 341 g/mol. The van der Waals surface area contributed by atoms with Gasteiger partial charge in [-0.2, -0.15) is 0 Å². The zero-order valence-electron chi connectivity index (χ0n) is 13.8. The highest BCUT2D eigenvalue weighted by Gasteiger charge is 2.11. The highest BCUT2D eigenvalue weighted by atomic mass is 32.1. The van der Waals surface area contributed by atoms with Gasteiger partial charge in [-0.3, -0.25) is 5.32 Å². The highest BCUT2D eigenvalue weighted by Crippen LogP contribution is 2.28. The average molecular weight is 341 g/mol. The van der Waals surface area contributed by atoms with Gasteiger partial charge in [-0.05, 0) is 38.1 Å². The van der Waals surface area contributed by atoms with Crippen molar-refractivity contribution < 1.29 is 4.79 Å². The average Bonchev–Trinajstić information content (AvgIpc) is 2.96. The van der Waals surface area contributed by atoms with Crippen LogP contribution in [0.5, 0.6) is 0 Å². The van der Waals surface area contributed by atoms with E-state index in [1.165, 1.54) is 16.9 Å². The van der Waals surface area contributed by atoms with Crippen molar-refractivity contribution in [3.63, 3.8) is 0 Å². The van der Waals surface area contributed by atoms with E-state index >= 15 is 0 Å². The number of carbonyl (C=O) groups excluding carboxylic acids is 1. The Kier molecular flexibility index (Phi) is 4.61. The molecule has 0 atom stereocenters. The third-order valence-corrected chi connectivity index (χ3v) is 4.44. The predicted octanol–water partition coefficient (Wildman–Crippen LogP) is 3.91. The number of urea groups is 1. The summed E-state index contributed by atoms with van der Waals surface area (Å²) in [6, 6.07) is 11.9. The fourth-order valence-electron chi connectivity index (χ4n) is 2.25. The number of nitrogens with zero attached hydrogens (tertiary/aromatic N) is 3. The van der Waals surface area contributed by atoms with Crippen LogP contribution in [0, 0.1) is 6.92 Å². The topological polar surface area (TPSA) is 70.2 Å². The molecule has 24 heavy (non-hydrogen) atoms. The molecule has 3 aromatic rings. The van der Waals surface area contributed by atoms with Crippen LogP contribution in [-0.2, 0) is 0 Å². The zero-order valence-corrected chi connectivity index (χ0v) is 14.6. The Morgan fingerprint density at radius 1 is 1.17 bits per heavy atom. The lowest BCUT2D eigenvalue weighted by Gasteiger charge is -2.18. The third-order valence-electron chi connectivity index (χ3n) is 3.56. The number of benzene rings is 1. The van der Waals surface area contributed by atoms with Gasteiger partial charge in [0.25, 0.3) is 0 Å². The van der Waals surface area contributed by atoms with Crippen LogP contribution in [-0.4, -0.2) is 29.6 Å². The van der Waals surface area contributed by atoms with Crippen LogP contribution in [0.2, 0.25) is 0 Å². The summed E-state index contributed by atoms with van der Waals surface area (Å²) in [5.41, 5.74) is 3.06. The molecule has 3 rings (SSSR count). The normalized spacial score (nSPS) is 10.6. The minimum Gasteiger partial charge on any atom is -0.338 e. The van der Waals surface area contributed by atoms with Gasteiger partial charge in [0.2, 0.25) is 0 Å². The Balaban J connectivity index is 1.85. The maximum atomic E-state index is 11.6. The number of rotatable bonds is 4. The molecule has 0 bridgehead atoms. The van der Waals surface area contributed by atoms with Gasteiger partial charge in [-0.25, -0.2) is 14.8 Å². The molecule has 124 valence electrons. The molecule has 0 saturated heterocycles. The molecule has 0 unspecified atom stereocenters. The van der Waals surface area contributed by atoms with E-state index in [-0.39, 0.29) is 6.03 Å². The van der Waals surface area contributed by atoms with Crippen molar-refractivity contribution in [2.45, 2.75) is 13.8 Å². The smallest absolute Gasteiger partial charge is 0.321 e.